The lowest BCUT2D eigenvalue weighted by Crippen LogP contribution is -2.29. The lowest BCUT2D eigenvalue weighted by atomic mass is 10.0. The maximum Gasteiger partial charge on any atom is 0.230 e. The zero-order chi connectivity index (χ0) is 18.4. The summed E-state index contributed by atoms with van der Waals surface area (Å²) in [6.07, 6.45) is 0. The van der Waals surface area contributed by atoms with Crippen molar-refractivity contribution in [2.24, 2.45) is 0 Å². The summed E-state index contributed by atoms with van der Waals surface area (Å²) in [5.74, 6) is 0.563. The minimum Gasteiger partial charge on any atom is -0.508 e. The van der Waals surface area contributed by atoms with E-state index in [2.05, 4.69) is 39.9 Å². The molecular formula is C18H19N5O2S. The molecule has 0 fully saturated rings. The van der Waals surface area contributed by atoms with Crippen LogP contribution < -0.4 is 5.32 Å². The second-order valence-corrected chi connectivity index (χ2v) is 6.74. The average Bonchev–Trinajstić information content (AvgIpc) is 3.14. The first-order chi connectivity index (χ1) is 12.6. The van der Waals surface area contributed by atoms with Gasteiger partial charge in [-0.05, 0) is 46.2 Å². The Labute approximate surface area is 155 Å². The number of aromatic hydroxyl groups is 1. The van der Waals surface area contributed by atoms with Gasteiger partial charge in [0, 0.05) is 6.54 Å². The van der Waals surface area contributed by atoms with E-state index in [1.807, 2.05) is 18.2 Å². The largest absolute Gasteiger partial charge is 0.508 e. The van der Waals surface area contributed by atoms with Crippen LogP contribution in [0.2, 0.25) is 0 Å². The molecule has 1 atom stereocenters. The molecule has 0 saturated heterocycles. The van der Waals surface area contributed by atoms with Crippen LogP contribution in [0.15, 0.2) is 59.8 Å². The van der Waals surface area contributed by atoms with Crippen molar-refractivity contribution in [1.82, 2.24) is 25.5 Å². The van der Waals surface area contributed by atoms with Gasteiger partial charge in [0.05, 0.1) is 11.4 Å². The molecule has 0 spiro atoms. The Bertz CT molecular complexity index is 852. The molecule has 26 heavy (non-hydrogen) atoms. The summed E-state index contributed by atoms with van der Waals surface area (Å²) in [7, 11) is 0. The van der Waals surface area contributed by atoms with Crippen molar-refractivity contribution < 1.29 is 9.90 Å². The molecule has 0 aliphatic carbocycles. The van der Waals surface area contributed by atoms with Crippen LogP contribution in [0.25, 0.3) is 5.69 Å². The zero-order valence-corrected chi connectivity index (χ0v) is 15.1. The van der Waals surface area contributed by atoms with Crippen LogP contribution in [0, 0.1) is 0 Å². The third-order valence-electron chi connectivity index (χ3n) is 3.84. The molecule has 8 heteroatoms. The summed E-state index contributed by atoms with van der Waals surface area (Å²) in [4.78, 5) is 12.1. The summed E-state index contributed by atoms with van der Waals surface area (Å²) >= 11 is 1.26. The molecule has 0 aliphatic heterocycles. The minimum atomic E-state index is -0.0713. The van der Waals surface area contributed by atoms with E-state index in [1.54, 1.807) is 24.3 Å². The number of phenolic OH excluding ortho intramolecular Hbond substituents is 1. The first-order valence-electron chi connectivity index (χ1n) is 8.15. The number of benzene rings is 2. The average molecular weight is 369 g/mol. The molecule has 134 valence electrons. The van der Waals surface area contributed by atoms with Crippen molar-refractivity contribution in [2.45, 2.75) is 18.0 Å². The monoisotopic (exact) mass is 369 g/mol. The van der Waals surface area contributed by atoms with E-state index in [0.717, 1.165) is 0 Å². The van der Waals surface area contributed by atoms with Crippen LogP contribution in [0.3, 0.4) is 0 Å². The van der Waals surface area contributed by atoms with Gasteiger partial charge in [0.25, 0.3) is 0 Å². The smallest absolute Gasteiger partial charge is 0.230 e. The van der Waals surface area contributed by atoms with E-state index in [4.69, 9.17) is 0 Å². The number of tetrazole rings is 1. The van der Waals surface area contributed by atoms with Gasteiger partial charge in [0.2, 0.25) is 11.1 Å². The number of phenols is 1. The predicted molar refractivity (Wildman–Crippen MR) is 99.4 cm³/mol. The quantitative estimate of drug-likeness (QED) is 0.621. The number of rotatable bonds is 7. The van der Waals surface area contributed by atoms with Crippen LogP contribution >= 0.6 is 11.8 Å². The van der Waals surface area contributed by atoms with E-state index >= 15 is 0 Å². The second kappa shape index (κ2) is 8.48. The van der Waals surface area contributed by atoms with E-state index in [1.165, 1.54) is 22.0 Å². The number of aromatic nitrogens is 4. The number of hydrogen-bond donors (Lipinski definition) is 2. The van der Waals surface area contributed by atoms with Crippen LogP contribution in [0.1, 0.15) is 18.4 Å². The van der Waals surface area contributed by atoms with E-state index < -0.39 is 0 Å². The van der Waals surface area contributed by atoms with Crippen molar-refractivity contribution in [3.63, 3.8) is 0 Å². The summed E-state index contributed by atoms with van der Waals surface area (Å²) in [5, 5.41) is 24.4. The molecule has 3 aromatic rings. The van der Waals surface area contributed by atoms with Crippen molar-refractivity contribution >= 4 is 17.7 Å². The molecule has 0 aliphatic rings. The first kappa shape index (κ1) is 17.9. The highest BCUT2D eigenvalue weighted by molar-refractivity contribution is 7.99. The topological polar surface area (TPSA) is 92.9 Å². The standard InChI is InChI=1S/C18H19N5O2S/c1-13(14-5-3-2-4-6-14)11-19-17(25)12-26-18-20-21-22-23(18)15-7-9-16(24)10-8-15/h2-10,13,24H,11-12H2,1H3,(H,19,25)/t13-/m0/s1. The fourth-order valence-corrected chi connectivity index (χ4v) is 3.09. The Kier molecular flexibility index (Phi) is 5.85. The van der Waals surface area contributed by atoms with Gasteiger partial charge in [0.1, 0.15) is 5.75 Å². The lowest BCUT2D eigenvalue weighted by molar-refractivity contribution is -0.118. The molecule has 0 unspecified atom stereocenters. The number of carbonyl (C=O) groups excluding carboxylic acids is 1. The van der Waals surface area contributed by atoms with Gasteiger partial charge < -0.3 is 10.4 Å². The van der Waals surface area contributed by atoms with Crippen molar-refractivity contribution in [3.05, 3.63) is 60.2 Å². The number of carbonyl (C=O) groups is 1. The predicted octanol–water partition coefficient (Wildman–Crippen LogP) is 2.38. The number of thioether (sulfide) groups is 1. The Morgan fingerprint density at radius 3 is 2.65 bits per heavy atom. The Hall–Kier alpha value is -2.87. The summed E-state index contributed by atoms with van der Waals surface area (Å²) in [6.45, 7) is 2.65. The van der Waals surface area contributed by atoms with E-state index in [-0.39, 0.29) is 23.3 Å². The Morgan fingerprint density at radius 1 is 1.19 bits per heavy atom. The number of hydrogen-bond acceptors (Lipinski definition) is 6. The highest BCUT2D eigenvalue weighted by atomic mass is 32.2. The van der Waals surface area contributed by atoms with Gasteiger partial charge in [-0.25, -0.2) is 0 Å². The van der Waals surface area contributed by atoms with Crippen LogP contribution in [-0.4, -0.2) is 43.5 Å². The molecule has 7 nitrogen and oxygen atoms in total. The summed E-state index contributed by atoms with van der Waals surface area (Å²) in [5.41, 5.74) is 1.91. The highest BCUT2D eigenvalue weighted by Crippen LogP contribution is 2.20. The Balaban J connectivity index is 1.52. The molecule has 2 aromatic carbocycles. The summed E-state index contributed by atoms with van der Waals surface area (Å²) in [6, 6.07) is 16.6. The van der Waals surface area contributed by atoms with E-state index in [9.17, 15) is 9.90 Å². The van der Waals surface area contributed by atoms with E-state index in [0.29, 0.717) is 17.4 Å². The number of nitrogens with one attached hydrogen (secondary N) is 1. The molecule has 0 saturated carbocycles. The first-order valence-corrected chi connectivity index (χ1v) is 9.14. The lowest BCUT2D eigenvalue weighted by Gasteiger charge is -2.12. The molecule has 2 N–H and O–H groups in total. The fourth-order valence-electron chi connectivity index (χ4n) is 2.37. The van der Waals surface area contributed by atoms with Crippen LogP contribution in [0.5, 0.6) is 5.75 Å². The summed E-state index contributed by atoms with van der Waals surface area (Å²) < 4.78 is 1.53. The molecule has 0 bridgehead atoms. The second-order valence-electron chi connectivity index (χ2n) is 5.79. The molecule has 1 amide bonds. The van der Waals surface area contributed by atoms with Crippen LogP contribution in [-0.2, 0) is 4.79 Å². The van der Waals surface area contributed by atoms with Gasteiger partial charge in [-0.3, -0.25) is 4.79 Å². The third-order valence-corrected chi connectivity index (χ3v) is 4.76. The molecular weight excluding hydrogens is 350 g/mol. The van der Waals surface area contributed by atoms with Crippen molar-refractivity contribution in [1.29, 1.82) is 0 Å². The van der Waals surface area contributed by atoms with Gasteiger partial charge in [0.15, 0.2) is 0 Å². The Morgan fingerprint density at radius 2 is 1.92 bits per heavy atom. The number of amides is 1. The van der Waals surface area contributed by atoms with Gasteiger partial charge >= 0.3 is 0 Å². The van der Waals surface area contributed by atoms with Gasteiger partial charge in [-0.2, -0.15) is 4.68 Å². The third kappa shape index (κ3) is 4.60. The maximum absolute atomic E-state index is 12.1. The normalized spacial score (nSPS) is 11.9. The van der Waals surface area contributed by atoms with Gasteiger partial charge in [-0.1, -0.05) is 49.0 Å². The fraction of sp³-hybridized carbons (Fsp3) is 0.222. The highest BCUT2D eigenvalue weighted by Gasteiger charge is 2.12. The molecule has 1 heterocycles. The minimum absolute atomic E-state index is 0.0713. The van der Waals surface area contributed by atoms with Crippen molar-refractivity contribution in [2.75, 3.05) is 12.3 Å². The van der Waals surface area contributed by atoms with Crippen LogP contribution in [0.4, 0.5) is 0 Å². The molecule has 0 radical (unpaired) electrons. The zero-order valence-electron chi connectivity index (χ0n) is 14.2. The molecule has 1 aromatic heterocycles. The molecule has 3 rings (SSSR count). The SMILES string of the molecule is C[C@@H](CNC(=O)CSc1nnnn1-c1ccc(O)cc1)c1ccccc1. The maximum atomic E-state index is 12.1. The van der Waals surface area contributed by atoms with Crippen molar-refractivity contribution in [3.8, 4) is 11.4 Å². The number of nitrogens with zero attached hydrogens (tertiary/aromatic N) is 4. The van der Waals surface area contributed by atoms with Gasteiger partial charge in [-0.15, -0.1) is 5.10 Å².